The molecule has 3 heteroatoms. The van der Waals surface area contributed by atoms with Crippen LogP contribution in [-0.2, 0) is 4.74 Å². The maximum Gasteiger partial charge on any atom is 0.0802 e. The van der Waals surface area contributed by atoms with Gasteiger partial charge >= 0.3 is 0 Å². The number of rotatable bonds is 24. The SMILES string of the molecule is CCCCCCCCCCCCCCCCCCCC[C@H](C)OCCC[N+](C)(C)C.[Cl-]. The number of nitrogens with zero attached hydrogens (tertiary/aromatic N) is 1. The zero-order valence-electron chi connectivity index (χ0n) is 22.4. The summed E-state index contributed by atoms with van der Waals surface area (Å²) in [5.41, 5.74) is 0. The minimum absolute atomic E-state index is 0. The number of quaternary nitrogens is 1. The second kappa shape index (κ2) is 24.8. The molecule has 0 rings (SSSR count). The Hall–Kier alpha value is 0.210. The van der Waals surface area contributed by atoms with Gasteiger partial charge in [-0.2, -0.15) is 0 Å². The van der Waals surface area contributed by atoms with Crippen molar-refractivity contribution in [1.29, 1.82) is 0 Å². The van der Waals surface area contributed by atoms with Crippen LogP contribution < -0.4 is 12.4 Å². The number of ether oxygens (including phenoxy) is 1. The molecular formula is C28H60ClNO. The molecule has 1 atom stereocenters. The predicted octanol–water partition coefficient (Wildman–Crippen LogP) is 5.92. The molecule has 0 unspecified atom stereocenters. The molecular weight excluding hydrogens is 402 g/mol. The number of hydrogen-bond acceptors (Lipinski definition) is 1. The van der Waals surface area contributed by atoms with Gasteiger partial charge in [-0.15, -0.1) is 0 Å². The maximum atomic E-state index is 5.96. The first-order valence-corrected chi connectivity index (χ1v) is 13.9. The fourth-order valence-corrected chi connectivity index (χ4v) is 4.24. The first-order valence-electron chi connectivity index (χ1n) is 13.9. The zero-order chi connectivity index (χ0) is 22.3. The van der Waals surface area contributed by atoms with Crippen molar-refractivity contribution in [3.63, 3.8) is 0 Å². The van der Waals surface area contributed by atoms with Crippen molar-refractivity contribution >= 4 is 0 Å². The molecule has 190 valence electrons. The van der Waals surface area contributed by atoms with Gasteiger partial charge in [0.2, 0.25) is 0 Å². The van der Waals surface area contributed by atoms with Crippen molar-refractivity contribution in [1.82, 2.24) is 0 Å². The third-order valence-electron chi connectivity index (χ3n) is 6.34. The standard InChI is InChI=1S/C28H60NO.ClH/c1-6-7-8-9-10-11-12-13-14-15-16-17-18-19-20-21-22-23-25-28(2)30-27-24-26-29(3,4)5;/h28H,6-27H2,1-5H3;1H/q+1;/p-1/t28-;/m0./s1. The van der Waals surface area contributed by atoms with Crippen LogP contribution in [0.5, 0.6) is 0 Å². The number of hydrogen-bond donors (Lipinski definition) is 0. The highest BCUT2D eigenvalue weighted by atomic mass is 35.5. The van der Waals surface area contributed by atoms with Crippen LogP contribution in [-0.4, -0.2) is 44.9 Å². The van der Waals surface area contributed by atoms with Crippen LogP contribution in [0.1, 0.15) is 142 Å². The van der Waals surface area contributed by atoms with E-state index in [-0.39, 0.29) is 12.4 Å². The molecule has 0 bridgehead atoms. The van der Waals surface area contributed by atoms with Gasteiger partial charge in [0, 0.05) is 6.42 Å². The molecule has 0 aliphatic heterocycles. The second-order valence-electron chi connectivity index (χ2n) is 10.8. The molecule has 0 aromatic carbocycles. The summed E-state index contributed by atoms with van der Waals surface area (Å²) in [5.74, 6) is 0. The minimum atomic E-state index is 0. The van der Waals surface area contributed by atoms with E-state index in [1.54, 1.807) is 0 Å². The Labute approximate surface area is 204 Å². The van der Waals surface area contributed by atoms with E-state index in [2.05, 4.69) is 35.0 Å². The van der Waals surface area contributed by atoms with Gasteiger partial charge in [0.05, 0.1) is 40.4 Å². The van der Waals surface area contributed by atoms with Crippen LogP contribution in [0, 0.1) is 0 Å². The van der Waals surface area contributed by atoms with Gasteiger partial charge in [-0.25, -0.2) is 0 Å². The zero-order valence-corrected chi connectivity index (χ0v) is 23.1. The molecule has 0 heterocycles. The predicted molar refractivity (Wildman–Crippen MR) is 136 cm³/mol. The normalized spacial score (nSPS) is 12.7. The van der Waals surface area contributed by atoms with Crippen molar-refractivity contribution in [2.75, 3.05) is 34.3 Å². The van der Waals surface area contributed by atoms with E-state index in [4.69, 9.17) is 4.74 Å². The van der Waals surface area contributed by atoms with Crippen LogP contribution in [0.25, 0.3) is 0 Å². The summed E-state index contributed by atoms with van der Waals surface area (Å²) in [5, 5.41) is 0. The van der Waals surface area contributed by atoms with Crippen LogP contribution >= 0.6 is 0 Å². The molecule has 0 N–H and O–H groups in total. The van der Waals surface area contributed by atoms with Crippen molar-refractivity contribution in [3.05, 3.63) is 0 Å². The van der Waals surface area contributed by atoms with E-state index < -0.39 is 0 Å². The minimum Gasteiger partial charge on any atom is -1.00 e. The highest BCUT2D eigenvalue weighted by molar-refractivity contribution is 4.54. The Morgan fingerprint density at radius 3 is 1.26 bits per heavy atom. The van der Waals surface area contributed by atoms with Gasteiger partial charge in [-0.1, -0.05) is 122 Å². The van der Waals surface area contributed by atoms with Crippen LogP contribution in [0.4, 0.5) is 0 Å². The Morgan fingerprint density at radius 1 is 0.548 bits per heavy atom. The van der Waals surface area contributed by atoms with Crippen molar-refractivity contribution in [2.24, 2.45) is 0 Å². The Bertz CT molecular complexity index is 329. The molecule has 0 radical (unpaired) electrons. The topological polar surface area (TPSA) is 9.23 Å². The molecule has 0 aliphatic rings. The van der Waals surface area contributed by atoms with Crippen molar-refractivity contribution in [3.8, 4) is 0 Å². The monoisotopic (exact) mass is 461 g/mol. The summed E-state index contributed by atoms with van der Waals surface area (Å²) < 4.78 is 7.00. The lowest BCUT2D eigenvalue weighted by molar-refractivity contribution is -0.870. The third kappa shape index (κ3) is 30.2. The molecule has 2 nitrogen and oxygen atoms in total. The fourth-order valence-electron chi connectivity index (χ4n) is 4.24. The average Bonchev–Trinajstić information content (AvgIpc) is 2.69. The molecule has 0 aliphatic carbocycles. The number of halogens is 1. The third-order valence-corrected chi connectivity index (χ3v) is 6.34. The van der Waals surface area contributed by atoms with Gasteiger partial charge in [0.1, 0.15) is 0 Å². The largest absolute Gasteiger partial charge is 1.00 e. The fraction of sp³-hybridized carbons (Fsp3) is 1.00. The van der Waals surface area contributed by atoms with E-state index in [1.807, 2.05) is 0 Å². The lowest BCUT2D eigenvalue weighted by Gasteiger charge is -2.24. The molecule has 31 heavy (non-hydrogen) atoms. The summed E-state index contributed by atoms with van der Waals surface area (Å²) >= 11 is 0. The molecule has 0 saturated carbocycles. The summed E-state index contributed by atoms with van der Waals surface area (Å²) in [6.07, 6.45) is 28.9. The van der Waals surface area contributed by atoms with Gasteiger partial charge < -0.3 is 21.6 Å². The van der Waals surface area contributed by atoms with Gasteiger partial charge in [-0.3, -0.25) is 0 Å². The Kier molecular flexibility index (Phi) is 26.8. The van der Waals surface area contributed by atoms with Crippen molar-refractivity contribution in [2.45, 2.75) is 148 Å². The van der Waals surface area contributed by atoms with Gasteiger partial charge in [0.15, 0.2) is 0 Å². The molecule has 0 saturated heterocycles. The molecule has 0 spiro atoms. The summed E-state index contributed by atoms with van der Waals surface area (Å²) in [6.45, 7) is 6.68. The quantitative estimate of drug-likeness (QED) is 0.128. The van der Waals surface area contributed by atoms with Gasteiger partial charge in [-0.05, 0) is 13.3 Å². The highest BCUT2D eigenvalue weighted by Gasteiger charge is 2.07. The summed E-state index contributed by atoms with van der Waals surface area (Å²) in [7, 11) is 6.75. The summed E-state index contributed by atoms with van der Waals surface area (Å²) in [6, 6.07) is 0. The molecule has 0 aromatic heterocycles. The van der Waals surface area contributed by atoms with E-state index >= 15 is 0 Å². The highest BCUT2D eigenvalue weighted by Crippen LogP contribution is 2.15. The first-order chi connectivity index (χ1) is 14.5. The maximum absolute atomic E-state index is 5.96. The average molecular weight is 462 g/mol. The van der Waals surface area contributed by atoms with Crippen LogP contribution in [0.15, 0.2) is 0 Å². The Morgan fingerprint density at radius 2 is 0.903 bits per heavy atom. The van der Waals surface area contributed by atoms with Crippen LogP contribution in [0.2, 0.25) is 0 Å². The van der Waals surface area contributed by atoms with E-state index in [1.165, 1.54) is 135 Å². The molecule has 0 fully saturated rings. The lowest BCUT2D eigenvalue weighted by atomic mass is 10.0. The van der Waals surface area contributed by atoms with Crippen LogP contribution in [0.3, 0.4) is 0 Å². The first kappa shape index (κ1) is 33.4. The smallest absolute Gasteiger partial charge is 0.0802 e. The van der Waals surface area contributed by atoms with E-state index in [9.17, 15) is 0 Å². The van der Waals surface area contributed by atoms with E-state index in [0.29, 0.717) is 6.10 Å². The van der Waals surface area contributed by atoms with Gasteiger partial charge in [0.25, 0.3) is 0 Å². The Balaban J connectivity index is 0. The van der Waals surface area contributed by atoms with E-state index in [0.717, 1.165) is 11.1 Å². The second-order valence-corrected chi connectivity index (χ2v) is 10.8. The molecule has 0 aromatic rings. The number of unbranched alkanes of at least 4 members (excludes halogenated alkanes) is 17. The van der Waals surface area contributed by atoms with Crippen molar-refractivity contribution < 1.29 is 21.6 Å². The molecule has 0 amide bonds. The lowest BCUT2D eigenvalue weighted by Crippen LogP contribution is -3.00. The summed E-state index contributed by atoms with van der Waals surface area (Å²) in [4.78, 5) is 0.